The highest BCUT2D eigenvalue weighted by atomic mass is 16.4. The summed E-state index contributed by atoms with van der Waals surface area (Å²) in [6.45, 7) is 0. The van der Waals surface area contributed by atoms with E-state index in [2.05, 4.69) is 132 Å². The van der Waals surface area contributed by atoms with E-state index in [9.17, 15) is 0 Å². The third-order valence-corrected chi connectivity index (χ3v) is 9.44. The Balaban J connectivity index is 1.13. The number of oxazole rings is 1. The van der Waals surface area contributed by atoms with E-state index in [-0.39, 0.29) is 0 Å². The summed E-state index contributed by atoms with van der Waals surface area (Å²) < 4.78 is 12.7. The second-order valence-corrected chi connectivity index (χ2v) is 12.4. The van der Waals surface area contributed by atoms with Crippen LogP contribution in [-0.4, -0.2) is 4.98 Å². The number of benzene rings is 8. The van der Waals surface area contributed by atoms with E-state index >= 15 is 0 Å². The minimum absolute atomic E-state index is 0.603. The molecule has 0 saturated carbocycles. The molecule has 0 aliphatic rings. The Labute approximate surface area is 282 Å². The van der Waals surface area contributed by atoms with Gasteiger partial charge in [0, 0.05) is 45.5 Å². The molecule has 2 heterocycles. The maximum Gasteiger partial charge on any atom is 0.227 e. The molecule has 10 aromatic rings. The summed E-state index contributed by atoms with van der Waals surface area (Å²) in [6.07, 6.45) is 0. The van der Waals surface area contributed by atoms with Gasteiger partial charge in [-0.05, 0) is 87.3 Å². The van der Waals surface area contributed by atoms with Crippen molar-refractivity contribution >= 4 is 71.6 Å². The fourth-order valence-corrected chi connectivity index (χ4v) is 7.07. The zero-order chi connectivity index (χ0) is 32.3. The molecule has 0 radical (unpaired) electrons. The average molecular weight is 629 g/mol. The third-order valence-electron chi connectivity index (χ3n) is 9.44. The summed E-state index contributed by atoms with van der Waals surface area (Å²) >= 11 is 0. The molecule has 0 spiro atoms. The van der Waals surface area contributed by atoms with E-state index in [1.807, 2.05) is 42.5 Å². The maximum absolute atomic E-state index is 6.54. The maximum atomic E-state index is 6.54. The van der Waals surface area contributed by atoms with Gasteiger partial charge < -0.3 is 13.7 Å². The van der Waals surface area contributed by atoms with Crippen LogP contribution in [0.2, 0.25) is 0 Å². The molecule has 0 N–H and O–H groups in total. The normalized spacial score (nSPS) is 11.7. The molecule has 230 valence electrons. The van der Waals surface area contributed by atoms with Crippen molar-refractivity contribution in [3.8, 4) is 22.6 Å². The molecule has 8 aromatic carbocycles. The number of hydrogen-bond donors (Lipinski definition) is 0. The van der Waals surface area contributed by atoms with Gasteiger partial charge in [-0.3, -0.25) is 0 Å². The Kier molecular flexibility index (Phi) is 6.15. The van der Waals surface area contributed by atoms with Crippen LogP contribution in [0.25, 0.3) is 77.2 Å². The van der Waals surface area contributed by atoms with E-state index in [4.69, 9.17) is 13.8 Å². The Morgan fingerprint density at radius 2 is 1.02 bits per heavy atom. The molecule has 0 saturated heterocycles. The number of rotatable bonds is 5. The van der Waals surface area contributed by atoms with Crippen LogP contribution in [0.1, 0.15) is 0 Å². The fraction of sp³-hybridized carbons (Fsp3) is 0. The molecule has 4 nitrogen and oxygen atoms in total. The van der Waals surface area contributed by atoms with E-state index in [1.54, 1.807) is 0 Å². The molecule has 0 bridgehead atoms. The van der Waals surface area contributed by atoms with Crippen LogP contribution in [0, 0.1) is 0 Å². The molecule has 10 rings (SSSR count). The van der Waals surface area contributed by atoms with Crippen LogP contribution in [-0.2, 0) is 0 Å². The van der Waals surface area contributed by atoms with Gasteiger partial charge in [0.15, 0.2) is 5.58 Å². The highest BCUT2D eigenvalue weighted by molar-refractivity contribution is 6.11. The molecule has 0 unspecified atom stereocenters. The Bertz CT molecular complexity index is 2830. The summed E-state index contributed by atoms with van der Waals surface area (Å²) in [7, 11) is 0. The van der Waals surface area contributed by atoms with Crippen molar-refractivity contribution in [2.24, 2.45) is 0 Å². The SMILES string of the molecule is c1ccc(-c2cccc(N(c3ccc4c(ccc5ccccc54)c3)c3ccc4c(c3)oc3cc5nc(-c6ccccc6)oc5cc34)c2)cc1. The predicted octanol–water partition coefficient (Wildman–Crippen LogP) is 12.8. The lowest BCUT2D eigenvalue weighted by atomic mass is 10.0. The smallest absolute Gasteiger partial charge is 0.227 e. The Hall–Kier alpha value is -6.65. The van der Waals surface area contributed by atoms with Crippen LogP contribution >= 0.6 is 0 Å². The monoisotopic (exact) mass is 628 g/mol. The van der Waals surface area contributed by atoms with Gasteiger partial charge in [0.1, 0.15) is 16.7 Å². The van der Waals surface area contributed by atoms with Crippen molar-refractivity contribution in [2.45, 2.75) is 0 Å². The van der Waals surface area contributed by atoms with E-state index in [0.29, 0.717) is 5.89 Å². The number of furan rings is 1. The van der Waals surface area contributed by atoms with Crippen molar-refractivity contribution in [2.75, 3.05) is 4.90 Å². The molecule has 49 heavy (non-hydrogen) atoms. The zero-order valence-corrected chi connectivity index (χ0v) is 26.4. The highest BCUT2D eigenvalue weighted by Gasteiger charge is 2.18. The van der Waals surface area contributed by atoms with Gasteiger partial charge in [-0.25, -0.2) is 4.98 Å². The topological polar surface area (TPSA) is 42.4 Å². The molecule has 0 atom stereocenters. The molecular formula is C45H28N2O2. The molecule has 2 aromatic heterocycles. The van der Waals surface area contributed by atoms with Gasteiger partial charge in [-0.2, -0.15) is 0 Å². The highest BCUT2D eigenvalue weighted by Crippen LogP contribution is 2.42. The van der Waals surface area contributed by atoms with Gasteiger partial charge in [0.25, 0.3) is 0 Å². The summed E-state index contributed by atoms with van der Waals surface area (Å²) in [5, 5.41) is 6.95. The molecular weight excluding hydrogens is 601 g/mol. The van der Waals surface area contributed by atoms with Crippen molar-refractivity contribution < 1.29 is 8.83 Å². The first kappa shape index (κ1) is 27.5. The molecule has 0 fully saturated rings. The standard InChI is InChI=1S/C45H28N2O2/c1-3-10-29(11-4-1)32-15-9-16-34(24-32)47(35-20-22-38-33(25-35)19-18-30-12-7-8-17-37(30)38)36-21-23-39-40-27-44-41(28-43(40)48-42(39)26-36)46-45(49-44)31-13-5-2-6-14-31/h1-28H. The van der Waals surface area contributed by atoms with E-state index < -0.39 is 0 Å². The number of fused-ring (bicyclic) bond motifs is 7. The van der Waals surface area contributed by atoms with Crippen molar-refractivity contribution in [3.05, 3.63) is 170 Å². The van der Waals surface area contributed by atoms with Gasteiger partial charge >= 0.3 is 0 Å². The lowest BCUT2D eigenvalue weighted by Gasteiger charge is -2.26. The number of aromatic nitrogens is 1. The fourth-order valence-electron chi connectivity index (χ4n) is 7.07. The molecule has 0 aliphatic heterocycles. The van der Waals surface area contributed by atoms with Crippen molar-refractivity contribution in [1.29, 1.82) is 0 Å². The minimum Gasteiger partial charge on any atom is -0.456 e. The first-order valence-corrected chi connectivity index (χ1v) is 16.4. The molecule has 0 amide bonds. The lowest BCUT2D eigenvalue weighted by Crippen LogP contribution is -2.10. The van der Waals surface area contributed by atoms with Crippen LogP contribution < -0.4 is 4.90 Å². The van der Waals surface area contributed by atoms with Crippen LogP contribution in [0.15, 0.2) is 179 Å². The van der Waals surface area contributed by atoms with Crippen molar-refractivity contribution in [1.82, 2.24) is 4.98 Å². The number of hydrogen-bond acceptors (Lipinski definition) is 4. The quantitative estimate of drug-likeness (QED) is 0.178. The Morgan fingerprint density at radius 3 is 1.88 bits per heavy atom. The summed E-state index contributed by atoms with van der Waals surface area (Å²) in [5.74, 6) is 0.603. The first-order valence-electron chi connectivity index (χ1n) is 16.4. The van der Waals surface area contributed by atoms with Gasteiger partial charge in [-0.1, -0.05) is 103 Å². The predicted molar refractivity (Wildman–Crippen MR) is 202 cm³/mol. The second kappa shape index (κ2) is 11.0. The van der Waals surface area contributed by atoms with E-state index in [0.717, 1.165) is 61.2 Å². The minimum atomic E-state index is 0.603. The summed E-state index contributed by atoms with van der Waals surface area (Å²) in [4.78, 5) is 7.08. The van der Waals surface area contributed by atoms with Gasteiger partial charge in [0.05, 0.1) is 0 Å². The lowest BCUT2D eigenvalue weighted by molar-refractivity contribution is 0.620. The van der Waals surface area contributed by atoms with Gasteiger partial charge in [-0.15, -0.1) is 0 Å². The molecule has 0 aliphatic carbocycles. The number of nitrogens with zero attached hydrogens (tertiary/aromatic N) is 2. The summed E-state index contributed by atoms with van der Waals surface area (Å²) in [5.41, 5.74) is 9.51. The third kappa shape index (κ3) is 4.65. The largest absolute Gasteiger partial charge is 0.456 e. The number of anilines is 3. The van der Waals surface area contributed by atoms with Crippen molar-refractivity contribution in [3.63, 3.8) is 0 Å². The van der Waals surface area contributed by atoms with Crippen LogP contribution in [0.5, 0.6) is 0 Å². The zero-order valence-electron chi connectivity index (χ0n) is 26.4. The average Bonchev–Trinajstić information content (AvgIpc) is 3.75. The Morgan fingerprint density at radius 1 is 0.367 bits per heavy atom. The van der Waals surface area contributed by atoms with Gasteiger partial charge in [0.2, 0.25) is 5.89 Å². The molecule has 4 heteroatoms. The first-order chi connectivity index (χ1) is 24.2. The van der Waals surface area contributed by atoms with Crippen LogP contribution in [0.3, 0.4) is 0 Å². The van der Waals surface area contributed by atoms with Crippen LogP contribution in [0.4, 0.5) is 17.1 Å². The summed E-state index contributed by atoms with van der Waals surface area (Å²) in [6, 6.07) is 59.4. The van der Waals surface area contributed by atoms with E-state index in [1.165, 1.54) is 27.1 Å². The second-order valence-electron chi connectivity index (χ2n) is 12.4.